The predicted molar refractivity (Wildman–Crippen MR) is 103 cm³/mol. The van der Waals surface area contributed by atoms with E-state index in [4.69, 9.17) is 5.73 Å². The van der Waals surface area contributed by atoms with Crippen LogP contribution in [0.5, 0.6) is 0 Å². The van der Waals surface area contributed by atoms with Crippen LogP contribution in [0.4, 0.5) is 5.69 Å². The van der Waals surface area contributed by atoms with Crippen molar-refractivity contribution in [3.05, 3.63) is 29.3 Å². The molecule has 1 aliphatic carbocycles. The molecule has 1 fully saturated rings. The molecule has 3 rings (SSSR count). The van der Waals surface area contributed by atoms with Gasteiger partial charge >= 0.3 is 0 Å². The minimum absolute atomic E-state index is 0.541. The highest BCUT2D eigenvalue weighted by Crippen LogP contribution is 2.24. The van der Waals surface area contributed by atoms with Crippen molar-refractivity contribution in [1.29, 1.82) is 0 Å². The summed E-state index contributed by atoms with van der Waals surface area (Å²) < 4.78 is 0. The topological polar surface area (TPSA) is 53.6 Å². The van der Waals surface area contributed by atoms with E-state index in [2.05, 4.69) is 40.3 Å². The fraction of sp³-hybridized carbons (Fsp3) is 0.650. The van der Waals surface area contributed by atoms with E-state index in [1.54, 1.807) is 0 Å². The number of nitrogens with two attached hydrogens (primary N) is 1. The monoisotopic (exact) mass is 328 g/mol. The van der Waals surface area contributed by atoms with E-state index in [1.807, 2.05) is 0 Å². The molecular formula is C20H32N4. The lowest BCUT2D eigenvalue weighted by Gasteiger charge is -2.30. The van der Waals surface area contributed by atoms with Crippen molar-refractivity contribution < 1.29 is 0 Å². The Morgan fingerprint density at radius 3 is 2.83 bits per heavy atom. The summed E-state index contributed by atoms with van der Waals surface area (Å²) in [5.41, 5.74) is 10.0. The Morgan fingerprint density at radius 2 is 2.00 bits per heavy atom. The molecule has 0 aromatic heterocycles. The van der Waals surface area contributed by atoms with Gasteiger partial charge in [-0.2, -0.15) is 0 Å². The van der Waals surface area contributed by atoms with Crippen LogP contribution in [-0.4, -0.2) is 37.0 Å². The van der Waals surface area contributed by atoms with Crippen molar-refractivity contribution in [1.82, 2.24) is 4.90 Å². The molecule has 3 N–H and O–H groups in total. The summed E-state index contributed by atoms with van der Waals surface area (Å²) in [7, 11) is 0. The third-order valence-electron chi connectivity index (χ3n) is 5.41. The van der Waals surface area contributed by atoms with Crippen LogP contribution in [0.3, 0.4) is 0 Å². The molecule has 4 nitrogen and oxygen atoms in total. The van der Waals surface area contributed by atoms with Gasteiger partial charge in [-0.05, 0) is 93.8 Å². The minimum atomic E-state index is 0.541. The Balaban J connectivity index is 1.34. The number of likely N-dealkylation sites (tertiary alicyclic amines) is 1. The molecule has 24 heavy (non-hydrogen) atoms. The van der Waals surface area contributed by atoms with E-state index < -0.39 is 0 Å². The average Bonchev–Trinajstić information content (AvgIpc) is 3.04. The lowest BCUT2D eigenvalue weighted by atomic mass is 9.99. The normalized spacial score (nSPS) is 19.5. The first kappa shape index (κ1) is 17.3. The number of piperidine rings is 1. The summed E-state index contributed by atoms with van der Waals surface area (Å²) >= 11 is 0. The number of aliphatic imine (C=N–C) groups is 1. The van der Waals surface area contributed by atoms with Crippen LogP contribution in [-0.2, 0) is 12.8 Å². The zero-order valence-corrected chi connectivity index (χ0v) is 15.1. The summed E-state index contributed by atoms with van der Waals surface area (Å²) in [4.78, 5) is 7.07. The summed E-state index contributed by atoms with van der Waals surface area (Å²) in [5.74, 6) is 1.45. The fourth-order valence-corrected chi connectivity index (χ4v) is 3.77. The number of guanidine groups is 1. The third-order valence-corrected chi connectivity index (χ3v) is 5.41. The smallest absolute Gasteiger partial charge is 0.193 e. The molecule has 1 saturated heterocycles. The molecule has 0 saturated carbocycles. The molecular weight excluding hydrogens is 296 g/mol. The van der Waals surface area contributed by atoms with Gasteiger partial charge < -0.3 is 16.0 Å². The zero-order chi connectivity index (χ0) is 16.8. The second-order valence-corrected chi connectivity index (χ2v) is 7.46. The quantitative estimate of drug-likeness (QED) is 0.478. The molecule has 0 radical (unpaired) electrons. The van der Waals surface area contributed by atoms with Gasteiger partial charge in [-0.3, -0.25) is 4.99 Å². The van der Waals surface area contributed by atoms with Crippen molar-refractivity contribution >= 4 is 11.6 Å². The summed E-state index contributed by atoms with van der Waals surface area (Å²) in [6, 6.07) is 6.56. The number of hydrogen-bond donors (Lipinski definition) is 2. The highest BCUT2D eigenvalue weighted by atomic mass is 15.1. The van der Waals surface area contributed by atoms with Gasteiger partial charge in [-0.25, -0.2) is 0 Å². The molecule has 0 atom stereocenters. The number of nitrogens with zero attached hydrogens (tertiary/aromatic N) is 2. The lowest BCUT2D eigenvalue weighted by molar-refractivity contribution is 0.190. The SMILES string of the molecule is CC1CCN(CCCCN=C(N)Nc2ccc3c(c2)CCC3)CC1. The van der Waals surface area contributed by atoms with Gasteiger partial charge in [0.2, 0.25) is 0 Å². The second-order valence-electron chi connectivity index (χ2n) is 7.46. The van der Waals surface area contributed by atoms with Crippen molar-refractivity contribution in [3.8, 4) is 0 Å². The van der Waals surface area contributed by atoms with Crippen LogP contribution < -0.4 is 11.1 Å². The first-order chi connectivity index (χ1) is 11.7. The van der Waals surface area contributed by atoms with E-state index in [0.717, 1.165) is 24.6 Å². The van der Waals surface area contributed by atoms with Gasteiger partial charge in [-0.1, -0.05) is 13.0 Å². The minimum Gasteiger partial charge on any atom is -0.370 e. The number of unbranched alkanes of at least 4 members (excludes halogenated alkanes) is 1. The van der Waals surface area contributed by atoms with Crippen molar-refractivity contribution in [2.75, 3.05) is 31.5 Å². The third kappa shape index (κ3) is 4.97. The van der Waals surface area contributed by atoms with E-state index in [0.29, 0.717) is 5.96 Å². The largest absolute Gasteiger partial charge is 0.370 e. The number of benzene rings is 1. The molecule has 1 heterocycles. The van der Waals surface area contributed by atoms with Crippen molar-refractivity contribution in [3.63, 3.8) is 0 Å². The number of rotatable bonds is 6. The molecule has 132 valence electrons. The Morgan fingerprint density at radius 1 is 1.21 bits per heavy atom. The van der Waals surface area contributed by atoms with E-state index in [9.17, 15) is 0 Å². The Hall–Kier alpha value is -1.55. The Kier molecular flexibility index (Phi) is 6.13. The maximum atomic E-state index is 6.02. The van der Waals surface area contributed by atoms with Crippen molar-refractivity contribution in [2.45, 2.75) is 51.9 Å². The maximum Gasteiger partial charge on any atom is 0.193 e. The van der Waals surface area contributed by atoms with Crippen LogP contribution in [0, 0.1) is 5.92 Å². The van der Waals surface area contributed by atoms with Crippen LogP contribution in [0.15, 0.2) is 23.2 Å². The molecule has 1 aromatic rings. The summed E-state index contributed by atoms with van der Waals surface area (Å²) in [6.07, 6.45) is 8.72. The van der Waals surface area contributed by atoms with E-state index in [-0.39, 0.29) is 0 Å². The van der Waals surface area contributed by atoms with Gasteiger partial charge in [0.1, 0.15) is 0 Å². The van der Waals surface area contributed by atoms with Gasteiger partial charge in [0, 0.05) is 12.2 Å². The first-order valence-corrected chi connectivity index (χ1v) is 9.62. The number of fused-ring (bicyclic) bond motifs is 1. The van der Waals surface area contributed by atoms with Gasteiger partial charge in [0.25, 0.3) is 0 Å². The standard InChI is InChI=1S/C20H32N4/c1-16-9-13-24(14-10-16)12-3-2-11-22-20(21)23-19-8-7-17-5-4-6-18(17)15-19/h7-8,15-16H,2-6,9-14H2,1H3,(H3,21,22,23). The van der Waals surface area contributed by atoms with Crippen LogP contribution in [0.1, 0.15) is 50.2 Å². The predicted octanol–water partition coefficient (Wildman–Crippen LogP) is 3.41. The fourth-order valence-electron chi connectivity index (χ4n) is 3.77. The molecule has 2 aliphatic rings. The number of nitrogens with one attached hydrogen (secondary N) is 1. The summed E-state index contributed by atoms with van der Waals surface area (Å²) in [6.45, 7) is 6.93. The number of aryl methyl sites for hydroxylation is 2. The van der Waals surface area contributed by atoms with Crippen LogP contribution in [0.25, 0.3) is 0 Å². The molecule has 0 bridgehead atoms. The summed E-state index contributed by atoms with van der Waals surface area (Å²) in [5, 5.41) is 3.23. The van der Waals surface area contributed by atoms with E-state index in [1.165, 1.54) is 69.3 Å². The maximum absolute atomic E-state index is 6.02. The number of hydrogen-bond acceptors (Lipinski definition) is 2. The number of anilines is 1. The molecule has 0 unspecified atom stereocenters. The highest BCUT2D eigenvalue weighted by Gasteiger charge is 2.14. The Labute approximate surface area is 146 Å². The zero-order valence-electron chi connectivity index (χ0n) is 15.1. The molecule has 4 heteroatoms. The Bertz CT molecular complexity index is 559. The molecule has 1 aliphatic heterocycles. The van der Waals surface area contributed by atoms with E-state index >= 15 is 0 Å². The molecule has 0 spiro atoms. The van der Waals surface area contributed by atoms with Gasteiger partial charge in [0.15, 0.2) is 5.96 Å². The molecule has 1 aromatic carbocycles. The highest BCUT2D eigenvalue weighted by molar-refractivity contribution is 5.92. The van der Waals surface area contributed by atoms with Crippen LogP contribution in [0.2, 0.25) is 0 Å². The van der Waals surface area contributed by atoms with Gasteiger partial charge in [-0.15, -0.1) is 0 Å². The van der Waals surface area contributed by atoms with Crippen molar-refractivity contribution in [2.24, 2.45) is 16.6 Å². The van der Waals surface area contributed by atoms with Gasteiger partial charge in [0.05, 0.1) is 0 Å². The van der Waals surface area contributed by atoms with Crippen LogP contribution >= 0.6 is 0 Å². The second kappa shape index (κ2) is 8.52. The first-order valence-electron chi connectivity index (χ1n) is 9.62. The molecule has 0 amide bonds. The lowest BCUT2D eigenvalue weighted by Crippen LogP contribution is -2.33. The average molecular weight is 329 g/mol.